The van der Waals surface area contributed by atoms with Crippen LogP contribution in [-0.2, 0) is 15.1 Å². The molecule has 0 aliphatic rings. The Labute approximate surface area is 129 Å². The summed E-state index contributed by atoms with van der Waals surface area (Å²) in [5, 5.41) is 30.0. The van der Waals surface area contributed by atoms with E-state index >= 15 is 0 Å². The van der Waals surface area contributed by atoms with E-state index in [-0.39, 0.29) is 11.3 Å². The summed E-state index contributed by atoms with van der Waals surface area (Å²) in [7, 11) is 1.45. The van der Waals surface area contributed by atoms with Crippen molar-refractivity contribution in [2.45, 2.75) is 26.4 Å². The Bertz CT molecular complexity index is 578. The molecular weight excluding hydrogens is 288 g/mol. The summed E-state index contributed by atoms with van der Waals surface area (Å²) in [4.78, 5) is 11.7. The largest absolute Gasteiger partial charge is 0.508 e. The van der Waals surface area contributed by atoms with Crippen molar-refractivity contribution in [3.63, 3.8) is 0 Å². The Balaban J connectivity index is 3.10. The van der Waals surface area contributed by atoms with Crippen LogP contribution in [0.25, 0.3) is 0 Å². The first kappa shape index (κ1) is 18.0. The number of phenols is 1. The molecule has 0 amide bonds. The molecule has 0 radical (unpaired) electrons. The number of phenolic OH excluding ortho intramolecular Hbond substituents is 1. The molecule has 0 aromatic heterocycles. The van der Waals surface area contributed by atoms with Gasteiger partial charge >= 0.3 is 5.97 Å². The molecule has 0 spiro atoms. The maximum Gasteiger partial charge on any atom is 0.333 e. The number of aliphatic hydroxyl groups excluding tert-OH is 1. The maximum atomic E-state index is 11.7. The molecule has 1 atom stereocenters. The average molecular weight is 310 g/mol. The minimum absolute atomic E-state index is 0.0309. The summed E-state index contributed by atoms with van der Waals surface area (Å²) in [5.41, 5.74) is -0.838. The molecule has 1 rings (SSSR count). The van der Waals surface area contributed by atoms with Crippen LogP contribution in [0.5, 0.6) is 11.5 Å². The van der Waals surface area contributed by atoms with Gasteiger partial charge in [-0.15, -0.1) is 0 Å². The van der Waals surface area contributed by atoms with Crippen LogP contribution in [0.2, 0.25) is 0 Å². The second kappa shape index (κ2) is 7.29. The van der Waals surface area contributed by atoms with E-state index in [0.717, 1.165) is 0 Å². The number of hydrogen-bond donors (Lipinski definition) is 3. The van der Waals surface area contributed by atoms with Crippen molar-refractivity contribution in [2.75, 3.05) is 20.3 Å². The van der Waals surface area contributed by atoms with Crippen molar-refractivity contribution in [1.82, 2.24) is 0 Å². The average Bonchev–Trinajstić information content (AvgIpc) is 2.51. The normalized spacial score (nSPS) is 14.4. The van der Waals surface area contributed by atoms with Gasteiger partial charge in [-0.25, -0.2) is 4.79 Å². The predicted molar refractivity (Wildman–Crippen MR) is 80.8 cm³/mol. The number of aromatic hydroxyl groups is 1. The summed E-state index contributed by atoms with van der Waals surface area (Å²) in [5.74, 6) is -0.378. The third-order valence-corrected chi connectivity index (χ3v) is 3.47. The van der Waals surface area contributed by atoms with Crippen LogP contribution in [0.4, 0.5) is 0 Å². The second-order valence-corrected chi connectivity index (χ2v) is 5.08. The number of esters is 1. The standard InChI is InChI=1S/C16H22O6/c1-5-10(2)15(19)22-9-16(20,8-17)12-7-14(21-4)11(3)6-13(12)18/h5-7,17-18,20H,8-9H2,1-4H3. The zero-order valence-electron chi connectivity index (χ0n) is 13.2. The number of methoxy groups -OCH3 is 1. The third-order valence-electron chi connectivity index (χ3n) is 3.47. The Hall–Kier alpha value is -2.05. The van der Waals surface area contributed by atoms with E-state index in [1.54, 1.807) is 26.8 Å². The van der Waals surface area contributed by atoms with Crippen LogP contribution in [0.15, 0.2) is 23.8 Å². The molecule has 1 aromatic carbocycles. The topological polar surface area (TPSA) is 96.2 Å². The van der Waals surface area contributed by atoms with E-state index in [9.17, 15) is 20.1 Å². The van der Waals surface area contributed by atoms with Gasteiger partial charge in [0.2, 0.25) is 0 Å². The molecule has 0 aliphatic heterocycles. The maximum absolute atomic E-state index is 11.7. The fraction of sp³-hybridized carbons (Fsp3) is 0.438. The Morgan fingerprint density at radius 3 is 2.55 bits per heavy atom. The first-order valence-electron chi connectivity index (χ1n) is 6.80. The minimum atomic E-state index is -1.92. The number of carbonyl (C=O) groups is 1. The number of benzene rings is 1. The number of aryl methyl sites for hydroxylation is 1. The zero-order valence-corrected chi connectivity index (χ0v) is 13.2. The van der Waals surface area contributed by atoms with Gasteiger partial charge in [0.05, 0.1) is 13.7 Å². The van der Waals surface area contributed by atoms with E-state index in [2.05, 4.69) is 0 Å². The number of rotatable bonds is 6. The molecule has 0 fully saturated rings. The molecule has 6 nitrogen and oxygen atoms in total. The van der Waals surface area contributed by atoms with E-state index < -0.39 is 24.8 Å². The highest BCUT2D eigenvalue weighted by atomic mass is 16.5. The molecule has 0 saturated carbocycles. The molecule has 0 saturated heterocycles. The molecule has 0 aliphatic carbocycles. The van der Waals surface area contributed by atoms with Crippen molar-refractivity contribution in [3.05, 3.63) is 34.9 Å². The van der Waals surface area contributed by atoms with Crippen molar-refractivity contribution in [2.24, 2.45) is 0 Å². The van der Waals surface area contributed by atoms with Gasteiger partial charge in [0, 0.05) is 11.1 Å². The van der Waals surface area contributed by atoms with Crippen molar-refractivity contribution in [3.8, 4) is 11.5 Å². The highest BCUT2D eigenvalue weighted by molar-refractivity contribution is 5.87. The van der Waals surface area contributed by atoms with Crippen molar-refractivity contribution < 1.29 is 29.6 Å². The molecule has 3 N–H and O–H groups in total. The predicted octanol–water partition coefficient (Wildman–Crippen LogP) is 1.40. The first-order valence-corrected chi connectivity index (χ1v) is 6.80. The van der Waals surface area contributed by atoms with Gasteiger partial charge in [-0.3, -0.25) is 0 Å². The van der Waals surface area contributed by atoms with Gasteiger partial charge < -0.3 is 24.8 Å². The number of carbonyl (C=O) groups excluding carboxylic acids is 1. The molecular formula is C16H22O6. The van der Waals surface area contributed by atoms with Crippen LogP contribution in [0.3, 0.4) is 0 Å². The monoisotopic (exact) mass is 310 g/mol. The number of allylic oxidation sites excluding steroid dienone is 1. The van der Waals surface area contributed by atoms with Gasteiger partial charge in [-0.1, -0.05) is 6.08 Å². The van der Waals surface area contributed by atoms with Gasteiger partial charge in [-0.05, 0) is 38.5 Å². The SMILES string of the molecule is CC=C(C)C(=O)OCC(O)(CO)c1cc(OC)c(C)cc1O. The third kappa shape index (κ3) is 3.78. The van der Waals surface area contributed by atoms with Crippen molar-refractivity contribution >= 4 is 5.97 Å². The molecule has 122 valence electrons. The van der Waals surface area contributed by atoms with Gasteiger partial charge in [0.1, 0.15) is 18.1 Å². The van der Waals surface area contributed by atoms with Crippen LogP contribution in [0, 0.1) is 6.92 Å². The highest BCUT2D eigenvalue weighted by Crippen LogP contribution is 2.35. The Morgan fingerprint density at radius 2 is 2.05 bits per heavy atom. The van der Waals surface area contributed by atoms with Gasteiger partial charge in [0.15, 0.2) is 5.60 Å². The number of ether oxygens (including phenoxy) is 2. The summed E-state index contributed by atoms with van der Waals surface area (Å²) in [6.07, 6.45) is 1.58. The fourth-order valence-electron chi connectivity index (χ4n) is 1.89. The number of aliphatic hydroxyl groups is 2. The van der Waals surface area contributed by atoms with Crippen LogP contribution >= 0.6 is 0 Å². The summed E-state index contributed by atoms with van der Waals surface area (Å²) >= 11 is 0. The van der Waals surface area contributed by atoms with Gasteiger partial charge in [0.25, 0.3) is 0 Å². The lowest BCUT2D eigenvalue weighted by molar-refractivity contribution is -0.150. The minimum Gasteiger partial charge on any atom is -0.508 e. The fourth-order valence-corrected chi connectivity index (χ4v) is 1.89. The van der Waals surface area contributed by atoms with E-state index in [1.165, 1.54) is 19.2 Å². The summed E-state index contributed by atoms with van der Waals surface area (Å²) in [6.45, 7) is 3.77. The lowest BCUT2D eigenvalue weighted by atomic mass is 9.93. The molecule has 0 heterocycles. The smallest absolute Gasteiger partial charge is 0.333 e. The van der Waals surface area contributed by atoms with Gasteiger partial charge in [-0.2, -0.15) is 0 Å². The van der Waals surface area contributed by atoms with Crippen LogP contribution in [0.1, 0.15) is 25.0 Å². The van der Waals surface area contributed by atoms with E-state index in [4.69, 9.17) is 9.47 Å². The Kier molecular flexibility index (Phi) is 5.96. The lowest BCUT2D eigenvalue weighted by Gasteiger charge is -2.27. The molecule has 1 unspecified atom stereocenters. The van der Waals surface area contributed by atoms with Crippen LogP contribution in [-0.4, -0.2) is 41.6 Å². The molecule has 0 bridgehead atoms. The molecule has 1 aromatic rings. The highest BCUT2D eigenvalue weighted by Gasteiger charge is 2.34. The quantitative estimate of drug-likeness (QED) is 0.543. The van der Waals surface area contributed by atoms with E-state index in [0.29, 0.717) is 16.9 Å². The van der Waals surface area contributed by atoms with Crippen LogP contribution < -0.4 is 4.74 Å². The molecule has 22 heavy (non-hydrogen) atoms. The van der Waals surface area contributed by atoms with E-state index in [1.807, 2.05) is 0 Å². The van der Waals surface area contributed by atoms with Crippen molar-refractivity contribution in [1.29, 1.82) is 0 Å². The zero-order chi connectivity index (χ0) is 16.9. The first-order chi connectivity index (χ1) is 10.3. The lowest BCUT2D eigenvalue weighted by Crippen LogP contribution is -2.37. The number of hydrogen-bond acceptors (Lipinski definition) is 6. The Morgan fingerprint density at radius 1 is 1.41 bits per heavy atom. The summed E-state index contributed by atoms with van der Waals surface area (Å²) in [6, 6.07) is 2.82. The second-order valence-electron chi connectivity index (χ2n) is 5.08. The molecule has 6 heteroatoms. The summed E-state index contributed by atoms with van der Waals surface area (Å²) < 4.78 is 10.1.